The monoisotopic (exact) mass is 193 g/mol. The van der Waals surface area contributed by atoms with Gasteiger partial charge in [0.05, 0.1) is 0 Å². The van der Waals surface area contributed by atoms with Crippen molar-refractivity contribution in [3.8, 4) is 0 Å². The molecule has 2 heteroatoms. The van der Waals surface area contributed by atoms with Crippen molar-refractivity contribution in [2.75, 3.05) is 6.54 Å². The summed E-state index contributed by atoms with van der Waals surface area (Å²) in [6.07, 6.45) is 3.61. The maximum atomic E-state index is 13.3. The number of hydrogen-bond donors (Lipinski definition) is 1. The van der Waals surface area contributed by atoms with E-state index < -0.39 is 0 Å². The summed E-state index contributed by atoms with van der Waals surface area (Å²) in [6.45, 7) is 2.85. The van der Waals surface area contributed by atoms with Gasteiger partial charge in [0.25, 0.3) is 0 Å². The first kappa shape index (κ1) is 9.66. The van der Waals surface area contributed by atoms with E-state index in [1.165, 1.54) is 12.8 Å². The zero-order chi connectivity index (χ0) is 9.97. The molecule has 0 radical (unpaired) electrons. The third-order valence-corrected chi connectivity index (χ3v) is 2.91. The second kappa shape index (κ2) is 4.09. The predicted octanol–water partition coefficient (Wildman–Crippen LogP) is 2.95. The quantitative estimate of drug-likeness (QED) is 0.723. The first-order valence-electron chi connectivity index (χ1n) is 5.27. The molecule has 76 valence electrons. The maximum Gasteiger partial charge on any atom is 0.126 e. The Morgan fingerprint density at radius 3 is 2.86 bits per heavy atom. The molecule has 0 unspecified atom stereocenters. The van der Waals surface area contributed by atoms with E-state index in [-0.39, 0.29) is 5.82 Å². The minimum absolute atomic E-state index is 0.0881. The number of rotatable bonds is 1. The van der Waals surface area contributed by atoms with Gasteiger partial charge in [-0.3, -0.25) is 0 Å². The second-order valence-electron chi connectivity index (χ2n) is 4.01. The van der Waals surface area contributed by atoms with Gasteiger partial charge in [-0.25, -0.2) is 4.39 Å². The highest BCUT2D eigenvalue weighted by molar-refractivity contribution is 5.26. The molecule has 0 amide bonds. The van der Waals surface area contributed by atoms with Gasteiger partial charge in [-0.1, -0.05) is 18.6 Å². The van der Waals surface area contributed by atoms with Crippen LogP contribution in [0.3, 0.4) is 0 Å². The SMILES string of the molecule is Cc1ccc([C@H]2CCCCN2)cc1F. The Balaban J connectivity index is 2.18. The summed E-state index contributed by atoms with van der Waals surface area (Å²) in [5, 5.41) is 3.42. The van der Waals surface area contributed by atoms with Crippen LogP contribution in [0.15, 0.2) is 18.2 Å². The fourth-order valence-electron chi connectivity index (χ4n) is 1.96. The van der Waals surface area contributed by atoms with Crippen molar-refractivity contribution in [2.45, 2.75) is 32.2 Å². The Morgan fingerprint density at radius 1 is 1.36 bits per heavy atom. The Labute approximate surface area is 84.3 Å². The van der Waals surface area contributed by atoms with Gasteiger partial charge in [0, 0.05) is 6.04 Å². The van der Waals surface area contributed by atoms with E-state index in [1.807, 2.05) is 12.1 Å². The van der Waals surface area contributed by atoms with Gasteiger partial charge in [0.2, 0.25) is 0 Å². The average Bonchev–Trinajstić information content (AvgIpc) is 2.23. The largest absolute Gasteiger partial charge is 0.310 e. The minimum Gasteiger partial charge on any atom is -0.310 e. The highest BCUT2D eigenvalue weighted by Crippen LogP contribution is 2.24. The van der Waals surface area contributed by atoms with Crippen LogP contribution in [0.2, 0.25) is 0 Å². The Bertz CT molecular complexity index is 316. The van der Waals surface area contributed by atoms with Crippen LogP contribution in [0.25, 0.3) is 0 Å². The normalized spacial score (nSPS) is 22.3. The molecular formula is C12H16FN. The molecule has 1 aliphatic rings. The molecule has 1 aromatic rings. The van der Waals surface area contributed by atoms with E-state index in [1.54, 1.807) is 13.0 Å². The van der Waals surface area contributed by atoms with Crippen molar-refractivity contribution >= 4 is 0 Å². The third kappa shape index (κ3) is 1.95. The van der Waals surface area contributed by atoms with Crippen molar-refractivity contribution in [3.63, 3.8) is 0 Å². The summed E-state index contributed by atoms with van der Waals surface area (Å²) in [7, 11) is 0. The van der Waals surface area contributed by atoms with Crippen LogP contribution in [0.1, 0.15) is 36.4 Å². The fraction of sp³-hybridized carbons (Fsp3) is 0.500. The molecular weight excluding hydrogens is 177 g/mol. The number of benzene rings is 1. The van der Waals surface area contributed by atoms with Crippen LogP contribution >= 0.6 is 0 Å². The van der Waals surface area contributed by atoms with Crippen molar-refractivity contribution < 1.29 is 4.39 Å². The molecule has 14 heavy (non-hydrogen) atoms. The van der Waals surface area contributed by atoms with E-state index in [2.05, 4.69) is 5.32 Å². The summed E-state index contributed by atoms with van der Waals surface area (Å²) in [4.78, 5) is 0. The van der Waals surface area contributed by atoms with Crippen LogP contribution < -0.4 is 5.32 Å². The topological polar surface area (TPSA) is 12.0 Å². The lowest BCUT2D eigenvalue weighted by Gasteiger charge is -2.24. The first-order chi connectivity index (χ1) is 6.77. The Morgan fingerprint density at radius 2 is 2.21 bits per heavy atom. The van der Waals surface area contributed by atoms with Gasteiger partial charge in [0.1, 0.15) is 5.82 Å². The van der Waals surface area contributed by atoms with Gasteiger partial charge in [0.15, 0.2) is 0 Å². The van der Waals surface area contributed by atoms with E-state index in [0.29, 0.717) is 6.04 Å². The summed E-state index contributed by atoms with van der Waals surface area (Å²) in [5.41, 5.74) is 1.82. The van der Waals surface area contributed by atoms with Gasteiger partial charge in [-0.2, -0.15) is 0 Å². The van der Waals surface area contributed by atoms with Crippen LogP contribution in [0, 0.1) is 12.7 Å². The van der Waals surface area contributed by atoms with Gasteiger partial charge in [-0.15, -0.1) is 0 Å². The molecule has 0 spiro atoms. The van der Waals surface area contributed by atoms with Crippen LogP contribution in [0.4, 0.5) is 4.39 Å². The number of hydrogen-bond acceptors (Lipinski definition) is 1. The third-order valence-electron chi connectivity index (χ3n) is 2.91. The van der Waals surface area contributed by atoms with Crippen molar-refractivity contribution in [1.29, 1.82) is 0 Å². The molecule has 0 aromatic heterocycles. The van der Waals surface area contributed by atoms with Crippen molar-refractivity contribution in [3.05, 3.63) is 35.1 Å². The molecule has 1 heterocycles. The molecule has 1 fully saturated rings. The number of halogens is 1. The molecule has 1 saturated heterocycles. The van der Waals surface area contributed by atoms with Crippen LogP contribution in [-0.4, -0.2) is 6.54 Å². The smallest absolute Gasteiger partial charge is 0.126 e. The standard InChI is InChI=1S/C12H16FN/c1-9-5-6-10(8-11(9)13)12-4-2-3-7-14-12/h5-6,8,12,14H,2-4,7H2,1H3/t12-/m1/s1. The van der Waals surface area contributed by atoms with Crippen molar-refractivity contribution in [2.24, 2.45) is 0 Å². The number of piperidine rings is 1. The first-order valence-corrected chi connectivity index (χ1v) is 5.27. The molecule has 2 rings (SSSR count). The van der Waals surface area contributed by atoms with Gasteiger partial charge in [-0.05, 0) is 43.5 Å². The molecule has 1 N–H and O–H groups in total. The highest BCUT2D eigenvalue weighted by atomic mass is 19.1. The lowest BCUT2D eigenvalue weighted by Crippen LogP contribution is -2.26. The number of aryl methyl sites for hydroxylation is 1. The number of nitrogens with one attached hydrogen (secondary N) is 1. The average molecular weight is 193 g/mol. The van der Waals surface area contributed by atoms with Crippen LogP contribution in [-0.2, 0) is 0 Å². The van der Waals surface area contributed by atoms with E-state index in [4.69, 9.17) is 0 Å². The molecule has 1 aromatic carbocycles. The lowest BCUT2D eigenvalue weighted by atomic mass is 9.97. The summed E-state index contributed by atoms with van der Waals surface area (Å²) >= 11 is 0. The molecule has 0 bridgehead atoms. The lowest BCUT2D eigenvalue weighted by molar-refractivity contribution is 0.411. The maximum absolute atomic E-state index is 13.3. The van der Waals surface area contributed by atoms with E-state index in [0.717, 1.165) is 24.1 Å². The second-order valence-corrected chi connectivity index (χ2v) is 4.01. The summed E-state index contributed by atoms with van der Waals surface area (Å²) in [5.74, 6) is -0.0881. The van der Waals surface area contributed by atoms with Crippen molar-refractivity contribution in [1.82, 2.24) is 5.32 Å². The zero-order valence-electron chi connectivity index (χ0n) is 8.52. The molecule has 0 aliphatic carbocycles. The summed E-state index contributed by atoms with van der Waals surface area (Å²) < 4.78 is 13.3. The predicted molar refractivity (Wildman–Crippen MR) is 55.7 cm³/mol. The van der Waals surface area contributed by atoms with E-state index >= 15 is 0 Å². The summed E-state index contributed by atoms with van der Waals surface area (Å²) in [6, 6.07) is 5.92. The Hall–Kier alpha value is -0.890. The van der Waals surface area contributed by atoms with Gasteiger partial charge >= 0.3 is 0 Å². The highest BCUT2D eigenvalue weighted by Gasteiger charge is 2.15. The zero-order valence-corrected chi connectivity index (χ0v) is 8.52. The van der Waals surface area contributed by atoms with Crippen LogP contribution in [0.5, 0.6) is 0 Å². The van der Waals surface area contributed by atoms with Gasteiger partial charge < -0.3 is 5.32 Å². The fourth-order valence-corrected chi connectivity index (χ4v) is 1.96. The molecule has 1 nitrogen and oxygen atoms in total. The Kier molecular flexibility index (Phi) is 2.82. The van der Waals surface area contributed by atoms with E-state index in [9.17, 15) is 4.39 Å². The minimum atomic E-state index is -0.0881. The molecule has 1 atom stereocenters. The molecule has 0 saturated carbocycles. The molecule has 1 aliphatic heterocycles.